The molecular weight excluding hydrogens is 1220 g/mol. The molecule has 6 aromatic carbocycles. The predicted octanol–water partition coefficient (Wildman–Crippen LogP) is 9.97. The number of piperidine rings is 1. The second-order valence-electron chi connectivity index (χ2n) is 23.0. The maximum Gasteiger partial charge on any atom is 0.295 e. The van der Waals surface area contributed by atoms with E-state index in [4.69, 9.17) is 5.26 Å². The summed E-state index contributed by atoms with van der Waals surface area (Å²) in [7, 11) is -16.9. The molecule has 3 aliphatic rings. The first-order valence-corrected chi connectivity index (χ1v) is 35.1. The molecule has 6 aromatic rings. The fourth-order valence-electron chi connectivity index (χ4n) is 12.9. The molecule has 9 rings (SSSR count). The van der Waals surface area contributed by atoms with Crippen LogP contribution in [0.2, 0.25) is 0 Å². The number of nitrogens with zero attached hydrogens (tertiary/aromatic N) is 4. The summed E-state index contributed by atoms with van der Waals surface area (Å²) in [5, 5.41) is 26.1. The summed E-state index contributed by atoms with van der Waals surface area (Å²) in [6, 6.07) is 32.8. The Balaban J connectivity index is 0.957. The van der Waals surface area contributed by atoms with Crippen molar-refractivity contribution in [2.24, 2.45) is 5.92 Å². The number of rotatable bonds is 24. The first-order chi connectivity index (χ1) is 41.0. The quantitative estimate of drug-likeness (QED) is 0.00716. The Morgan fingerprint density at radius 1 is 0.724 bits per heavy atom. The zero-order valence-corrected chi connectivity index (χ0v) is 52.8. The highest BCUT2D eigenvalue weighted by molar-refractivity contribution is 7.94. The molecule has 20 nitrogen and oxygen atoms in total. The number of anilines is 1. The Labute approximate surface area is 512 Å². The van der Waals surface area contributed by atoms with Gasteiger partial charge in [-0.25, -0.2) is 18.0 Å². The minimum Gasteiger partial charge on any atom is -0.380 e. The molecule has 1 fully saturated rings. The molecule has 0 aliphatic carbocycles. The Bertz CT molecular complexity index is 4160. The van der Waals surface area contributed by atoms with Crippen LogP contribution in [-0.2, 0) is 71.0 Å². The van der Waals surface area contributed by atoms with Crippen LogP contribution in [0.3, 0.4) is 0 Å². The molecule has 0 aromatic heterocycles. The zero-order chi connectivity index (χ0) is 62.9. The largest absolute Gasteiger partial charge is 0.380 e. The Hall–Kier alpha value is -6.17. The van der Waals surface area contributed by atoms with Gasteiger partial charge in [-0.1, -0.05) is 116 Å². The summed E-state index contributed by atoms with van der Waals surface area (Å²) in [4.78, 5) is 16.1. The minimum absolute atomic E-state index is 0.0280. The van der Waals surface area contributed by atoms with Gasteiger partial charge in [0.1, 0.15) is 17.0 Å². The zero-order valence-electron chi connectivity index (χ0n) is 48.7. The Morgan fingerprint density at radius 3 is 1.99 bits per heavy atom. The van der Waals surface area contributed by atoms with Crippen LogP contribution in [0.5, 0.6) is 0 Å². The number of likely N-dealkylation sites (tertiary alicyclic amines) is 1. The van der Waals surface area contributed by atoms with E-state index in [0.29, 0.717) is 84.1 Å². The lowest BCUT2D eigenvalue weighted by molar-refractivity contribution is -0.438. The number of carbonyl (C=O) groups excluding carboxylic acids is 1. The third-order valence-corrected chi connectivity index (χ3v) is 22.0. The van der Waals surface area contributed by atoms with Crippen LogP contribution in [-0.4, -0.2) is 134 Å². The molecule has 25 heteroatoms. The molecule has 5 N–H and O–H groups in total. The fourth-order valence-corrected chi connectivity index (χ4v) is 16.5. The molecule has 3 aliphatic heterocycles. The average molecular weight is 1290 g/mol. The highest BCUT2D eigenvalue weighted by Gasteiger charge is 2.47. The molecule has 0 atom stereocenters. The lowest BCUT2D eigenvalue weighted by atomic mass is 9.72. The first-order valence-electron chi connectivity index (χ1n) is 28.3. The average Bonchev–Trinajstić information content (AvgIpc) is 1.63. The van der Waals surface area contributed by atoms with Gasteiger partial charge in [0.05, 0.1) is 21.0 Å². The first kappa shape index (κ1) is 65.3. The van der Waals surface area contributed by atoms with E-state index in [1.165, 1.54) is 23.5 Å². The normalized spacial score (nSPS) is 17.3. The van der Waals surface area contributed by atoms with Crippen molar-refractivity contribution in [3.8, 4) is 0 Å². The van der Waals surface area contributed by atoms with Crippen molar-refractivity contribution in [3.05, 3.63) is 174 Å². The number of benzene rings is 6. The molecule has 0 spiro atoms. The number of hydrogen-bond donors (Lipinski definition) is 5. The maximum absolute atomic E-state index is 14.6. The molecule has 0 radical (unpaired) electrons. The van der Waals surface area contributed by atoms with E-state index in [1.54, 1.807) is 47.4 Å². The van der Waals surface area contributed by atoms with E-state index in [1.807, 2.05) is 122 Å². The lowest BCUT2D eigenvalue weighted by Crippen LogP contribution is -2.46. The smallest absolute Gasteiger partial charge is 0.295 e. The summed E-state index contributed by atoms with van der Waals surface area (Å²) < 4.78 is 141. The molecular formula is C62H71N4O16S5+. The van der Waals surface area contributed by atoms with Crippen LogP contribution in [0.4, 0.5) is 11.4 Å². The van der Waals surface area contributed by atoms with Gasteiger partial charge < -0.3 is 14.9 Å². The van der Waals surface area contributed by atoms with Crippen molar-refractivity contribution >= 4 is 97.0 Å². The van der Waals surface area contributed by atoms with Crippen molar-refractivity contribution in [2.75, 3.05) is 56.2 Å². The minimum atomic E-state index is -4.99. The number of aliphatic hydroxyl groups is 1. The molecule has 0 bridgehead atoms. The predicted molar refractivity (Wildman–Crippen MR) is 334 cm³/mol. The number of hydrogen-bond acceptors (Lipinski definition) is 15. The number of fused-ring (bicyclic) bond motifs is 6. The van der Waals surface area contributed by atoms with E-state index < -0.39 is 72.4 Å². The van der Waals surface area contributed by atoms with Crippen LogP contribution in [0, 0.1) is 5.92 Å². The molecule has 1 saturated heterocycles. The van der Waals surface area contributed by atoms with Gasteiger partial charge in [0.15, 0.2) is 5.71 Å². The molecule has 0 saturated carbocycles. The van der Waals surface area contributed by atoms with Gasteiger partial charge in [-0.05, 0) is 109 Å². The van der Waals surface area contributed by atoms with Crippen molar-refractivity contribution in [3.63, 3.8) is 0 Å². The van der Waals surface area contributed by atoms with Gasteiger partial charge in [0, 0.05) is 109 Å². The summed E-state index contributed by atoms with van der Waals surface area (Å²) in [5.41, 5.74) is 2.59. The second kappa shape index (κ2) is 25.7. The van der Waals surface area contributed by atoms with Gasteiger partial charge in [0.25, 0.3) is 30.4 Å². The van der Waals surface area contributed by atoms with Crippen molar-refractivity contribution in [1.29, 1.82) is 0 Å². The van der Waals surface area contributed by atoms with Crippen LogP contribution in [0.15, 0.2) is 166 Å². The number of amides is 1. The van der Waals surface area contributed by atoms with E-state index in [-0.39, 0.29) is 59.8 Å². The SMILES string of the molecule is CN(CCCC(=O)N1CCC(C(O)(c2ccccc2)c2ccccc2)CC1)S(=O)(=O)c1cccc2c3c(ccc12)N(CCCS(=O)(=O)O)C(=CC=CC=CC1=[N+](CCCSOOO)c2ccc4c(S(=O)(=O)O)cc(S(=O)(=O)O)cc4c2C1(C)C)C3(C)C. The van der Waals surface area contributed by atoms with Crippen molar-refractivity contribution < 1.29 is 76.4 Å². The van der Waals surface area contributed by atoms with Crippen molar-refractivity contribution in [2.45, 2.75) is 97.3 Å². The Kier molecular flexibility index (Phi) is 19.3. The second-order valence-corrected chi connectivity index (χ2v) is 30.2. The summed E-state index contributed by atoms with van der Waals surface area (Å²) in [5.74, 6) is -0.380. The van der Waals surface area contributed by atoms with E-state index >= 15 is 0 Å². The number of carbonyl (C=O) groups is 1. The monoisotopic (exact) mass is 1290 g/mol. The van der Waals surface area contributed by atoms with Gasteiger partial charge >= 0.3 is 0 Å². The molecule has 0 unspecified atom stereocenters. The van der Waals surface area contributed by atoms with Gasteiger partial charge in [-0.2, -0.15) is 29.8 Å². The Morgan fingerprint density at radius 2 is 1.37 bits per heavy atom. The molecule has 3 heterocycles. The van der Waals surface area contributed by atoms with E-state index in [2.05, 4.69) is 9.37 Å². The lowest BCUT2D eigenvalue weighted by Gasteiger charge is -2.42. The van der Waals surface area contributed by atoms with Crippen LogP contribution >= 0.6 is 12.0 Å². The number of allylic oxidation sites excluding steroid dienone is 6. The topological polar surface area (TPSA) is 286 Å². The fraction of sp³-hybridized carbons (Fsp3) is 0.355. The third kappa shape index (κ3) is 13.4. The van der Waals surface area contributed by atoms with E-state index in [9.17, 15) is 57.2 Å². The van der Waals surface area contributed by atoms with Crippen LogP contribution < -0.4 is 4.90 Å². The summed E-state index contributed by atoms with van der Waals surface area (Å²) >= 11 is 0.855. The molecule has 87 heavy (non-hydrogen) atoms. The highest BCUT2D eigenvalue weighted by atomic mass is 32.2. The van der Waals surface area contributed by atoms with Crippen LogP contribution in [0.25, 0.3) is 21.5 Å². The number of sulfonamides is 1. The van der Waals surface area contributed by atoms with Gasteiger partial charge in [-0.3, -0.25) is 18.5 Å². The van der Waals surface area contributed by atoms with Crippen molar-refractivity contribution in [1.82, 2.24) is 9.21 Å². The standard InChI is InChI=1S/C62H70N4O16S5/c1-60(2)55(25-13-8-14-26-56-61(3,4)59-50-41-46(86(75,76)77)42-54(87(78,79)80)48(50)29-31-52(59)65(56)35-17-39-83-82-81-69)66(36-18-40-84(70,71)72)51-30-28-47-49(58(51)60)23-15-24-53(47)85(73,74)63(5)34-16-27-57(67)64-37-32-45(33-38-64)62(68,43-19-9-6-10-20-43)44-21-11-7-12-22-44/h6-15,19-26,28-31,41-42,45,68H,16-18,27,32-40H2,1-5H3,(H3-,69,70,71,72,75,76,77,78,79,80)/p+1. The van der Waals surface area contributed by atoms with E-state index in [0.717, 1.165) is 34.4 Å². The van der Waals surface area contributed by atoms with Crippen LogP contribution in [0.1, 0.15) is 88.5 Å². The highest BCUT2D eigenvalue weighted by Crippen LogP contribution is 2.52. The summed E-state index contributed by atoms with van der Waals surface area (Å²) in [6.07, 6.45) is 11.1. The maximum atomic E-state index is 14.6. The summed E-state index contributed by atoms with van der Waals surface area (Å²) in [6.45, 7) is 9.17. The molecule has 1 amide bonds. The third-order valence-electron chi connectivity index (χ3n) is 16.9. The molecule has 464 valence electrons. The van der Waals surface area contributed by atoms with Gasteiger partial charge in [0.2, 0.25) is 21.6 Å². The van der Waals surface area contributed by atoms with Gasteiger partial charge in [-0.15, -0.1) is 4.33 Å².